The van der Waals surface area contributed by atoms with Gasteiger partial charge in [0.1, 0.15) is 5.76 Å². The lowest BCUT2D eigenvalue weighted by molar-refractivity contribution is -0.137. The normalized spacial score (nSPS) is 18.5. The van der Waals surface area contributed by atoms with Crippen LogP contribution in [0.1, 0.15) is 24.0 Å². The molecule has 0 amide bonds. The van der Waals surface area contributed by atoms with Gasteiger partial charge in [-0.05, 0) is 23.8 Å². The van der Waals surface area contributed by atoms with Crippen LogP contribution in [0, 0.1) is 0 Å². The Balaban J connectivity index is 2.16. The number of esters is 1. The molecule has 0 unspecified atom stereocenters. The second-order valence-corrected chi connectivity index (χ2v) is 3.70. The molecule has 0 aromatic heterocycles. The molecule has 2 rings (SSSR count). The van der Waals surface area contributed by atoms with Crippen LogP contribution < -0.4 is 0 Å². The van der Waals surface area contributed by atoms with E-state index in [1.54, 1.807) is 6.08 Å². The number of cyclic esters (lactones) is 1. The molecule has 0 saturated carbocycles. The summed E-state index contributed by atoms with van der Waals surface area (Å²) in [5.74, 6) is 0.193. The summed E-state index contributed by atoms with van der Waals surface area (Å²) < 4.78 is 41.7. The number of hydrogen-bond donors (Lipinski definition) is 0. The molecule has 1 aliphatic rings. The summed E-state index contributed by atoms with van der Waals surface area (Å²) in [5.41, 5.74) is -0.106. The Bertz CT molecular complexity index is 458. The third-order valence-corrected chi connectivity index (χ3v) is 2.39. The molecule has 0 aliphatic carbocycles. The molecule has 1 aromatic rings. The zero-order valence-corrected chi connectivity index (χ0v) is 8.75. The molecule has 0 bridgehead atoms. The van der Waals surface area contributed by atoms with Gasteiger partial charge in [-0.2, -0.15) is 13.2 Å². The number of carbonyl (C=O) groups is 1. The molecule has 1 aliphatic heterocycles. The number of ether oxygens (including phenoxy) is 1. The van der Waals surface area contributed by atoms with Crippen LogP contribution in [0.15, 0.2) is 30.0 Å². The summed E-state index contributed by atoms with van der Waals surface area (Å²) in [6.45, 7) is 0. The smallest absolute Gasteiger partial charge is 0.416 e. The van der Waals surface area contributed by atoms with Crippen LogP contribution in [-0.4, -0.2) is 5.97 Å². The van der Waals surface area contributed by atoms with E-state index in [0.717, 1.165) is 12.1 Å². The van der Waals surface area contributed by atoms with Crippen molar-refractivity contribution in [1.29, 1.82) is 0 Å². The molecular weight excluding hydrogens is 233 g/mol. The van der Waals surface area contributed by atoms with Gasteiger partial charge in [0, 0.05) is 6.42 Å². The minimum atomic E-state index is -4.33. The lowest BCUT2D eigenvalue weighted by Crippen LogP contribution is -2.04. The summed E-state index contributed by atoms with van der Waals surface area (Å²) >= 11 is 0. The van der Waals surface area contributed by atoms with E-state index in [1.807, 2.05) is 0 Å². The average molecular weight is 242 g/mol. The van der Waals surface area contributed by atoms with Crippen molar-refractivity contribution in [2.24, 2.45) is 0 Å². The zero-order valence-electron chi connectivity index (χ0n) is 8.75. The number of carbonyl (C=O) groups excluding carboxylic acids is 1. The molecule has 1 heterocycles. The molecule has 0 radical (unpaired) electrons. The van der Waals surface area contributed by atoms with E-state index < -0.39 is 11.7 Å². The van der Waals surface area contributed by atoms with Crippen LogP contribution in [0.25, 0.3) is 6.08 Å². The van der Waals surface area contributed by atoms with E-state index in [0.29, 0.717) is 24.2 Å². The number of allylic oxidation sites excluding steroid dienone is 1. The maximum Gasteiger partial charge on any atom is 0.416 e. The molecule has 0 atom stereocenters. The average Bonchev–Trinajstić information content (AvgIpc) is 2.63. The van der Waals surface area contributed by atoms with Crippen LogP contribution in [0.2, 0.25) is 0 Å². The van der Waals surface area contributed by atoms with E-state index in [2.05, 4.69) is 0 Å². The molecule has 1 saturated heterocycles. The quantitative estimate of drug-likeness (QED) is 0.705. The fourth-order valence-electron chi connectivity index (χ4n) is 1.53. The maximum atomic E-state index is 12.3. The predicted molar refractivity (Wildman–Crippen MR) is 54.7 cm³/mol. The molecule has 5 heteroatoms. The Morgan fingerprint density at radius 3 is 2.24 bits per heavy atom. The van der Waals surface area contributed by atoms with Gasteiger partial charge in [-0.25, -0.2) is 0 Å². The summed E-state index contributed by atoms with van der Waals surface area (Å²) in [6.07, 6.45) is -1.93. The lowest BCUT2D eigenvalue weighted by Gasteiger charge is -2.06. The van der Waals surface area contributed by atoms with E-state index in [4.69, 9.17) is 4.74 Å². The first kappa shape index (κ1) is 11.7. The third-order valence-electron chi connectivity index (χ3n) is 2.39. The Morgan fingerprint density at radius 1 is 1.12 bits per heavy atom. The Hall–Kier alpha value is -1.78. The van der Waals surface area contributed by atoms with E-state index in [1.165, 1.54) is 12.1 Å². The van der Waals surface area contributed by atoms with Crippen molar-refractivity contribution in [1.82, 2.24) is 0 Å². The van der Waals surface area contributed by atoms with Crippen LogP contribution in [0.4, 0.5) is 13.2 Å². The second kappa shape index (κ2) is 4.24. The molecule has 90 valence electrons. The van der Waals surface area contributed by atoms with Gasteiger partial charge in [0.15, 0.2) is 0 Å². The highest BCUT2D eigenvalue weighted by Gasteiger charge is 2.29. The fourth-order valence-corrected chi connectivity index (χ4v) is 1.53. The zero-order chi connectivity index (χ0) is 12.5. The van der Waals surface area contributed by atoms with Gasteiger partial charge in [0.05, 0.1) is 12.0 Å². The Kier molecular flexibility index (Phi) is 2.92. The molecule has 0 spiro atoms. The van der Waals surface area contributed by atoms with Crippen molar-refractivity contribution in [2.75, 3.05) is 0 Å². The molecule has 1 fully saturated rings. The summed E-state index contributed by atoms with van der Waals surface area (Å²) in [4.78, 5) is 10.8. The van der Waals surface area contributed by atoms with Crippen molar-refractivity contribution in [2.45, 2.75) is 19.0 Å². The third kappa shape index (κ3) is 2.87. The van der Waals surface area contributed by atoms with Gasteiger partial charge in [-0.1, -0.05) is 12.1 Å². The fraction of sp³-hybridized carbons (Fsp3) is 0.250. The summed E-state index contributed by atoms with van der Waals surface area (Å²) in [6, 6.07) is 4.70. The first-order chi connectivity index (χ1) is 7.95. The van der Waals surface area contributed by atoms with Gasteiger partial charge in [0.25, 0.3) is 0 Å². The molecule has 2 nitrogen and oxygen atoms in total. The van der Waals surface area contributed by atoms with E-state index in [9.17, 15) is 18.0 Å². The van der Waals surface area contributed by atoms with Crippen LogP contribution in [0.5, 0.6) is 0 Å². The number of hydrogen-bond acceptors (Lipinski definition) is 2. The van der Waals surface area contributed by atoms with Gasteiger partial charge in [-0.3, -0.25) is 4.79 Å². The lowest BCUT2D eigenvalue weighted by atomic mass is 10.1. The topological polar surface area (TPSA) is 26.3 Å². The van der Waals surface area contributed by atoms with Gasteiger partial charge < -0.3 is 4.74 Å². The Morgan fingerprint density at radius 2 is 1.76 bits per heavy atom. The molecule has 0 N–H and O–H groups in total. The predicted octanol–water partition coefficient (Wildman–Crippen LogP) is 3.38. The van der Waals surface area contributed by atoms with Crippen molar-refractivity contribution in [3.8, 4) is 0 Å². The highest BCUT2D eigenvalue weighted by Crippen LogP contribution is 2.29. The molecule has 17 heavy (non-hydrogen) atoms. The minimum absolute atomic E-state index is 0.303. The Labute approximate surface area is 95.7 Å². The standard InChI is InChI=1S/C12H9F3O2/c13-12(14,15)9-3-1-8(2-4-9)7-10-5-6-11(16)17-10/h1-4,7H,5-6H2/b10-7-. The first-order valence-electron chi connectivity index (χ1n) is 5.04. The second-order valence-electron chi connectivity index (χ2n) is 3.70. The van der Waals surface area contributed by atoms with Crippen molar-refractivity contribution in [3.63, 3.8) is 0 Å². The highest BCUT2D eigenvalue weighted by molar-refractivity contribution is 5.75. The molecular formula is C12H9F3O2. The maximum absolute atomic E-state index is 12.3. The van der Waals surface area contributed by atoms with Crippen LogP contribution in [-0.2, 0) is 15.7 Å². The SMILES string of the molecule is O=C1CC/C(=C/c2ccc(C(F)(F)F)cc2)O1. The summed E-state index contributed by atoms with van der Waals surface area (Å²) in [7, 11) is 0. The largest absolute Gasteiger partial charge is 0.431 e. The first-order valence-corrected chi connectivity index (χ1v) is 5.04. The number of rotatable bonds is 1. The minimum Gasteiger partial charge on any atom is -0.431 e. The highest BCUT2D eigenvalue weighted by atomic mass is 19.4. The van der Waals surface area contributed by atoms with Crippen molar-refractivity contribution < 1.29 is 22.7 Å². The van der Waals surface area contributed by atoms with Crippen molar-refractivity contribution >= 4 is 12.0 Å². The monoisotopic (exact) mass is 242 g/mol. The van der Waals surface area contributed by atoms with Crippen LogP contribution in [0.3, 0.4) is 0 Å². The summed E-state index contributed by atoms with van der Waals surface area (Å²) in [5, 5.41) is 0. The number of halogens is 3. The van der Waals surface area contributed by atoms with Crippen molar-refractivity contribution in [3.05, 3.63) is 41.2 Å². The van der Waals surface area contributed by atoms with E-state index >= 15 is 0 Å². The molecule has 1 aromatic carbocycles. The van der Waals surface area contributed by atoms with E-state index in [-0.39, 0.29) is 5.97 Å². The number of benzene rings is 1. The number of alkyl halides is 3. The van der Waals surface area contributed by atoms with Gasteiger partial charge >= 0.3 is 12.1 Å². The van der Waals surface area contributed by atoms with Crippen LogP contribution >= 0.6 is 0 Å². The van der Waals surface area contributed by atoms with Gasteiger partial charge in [0.2, 0.25) is 0 Å². The van der Waals surface area contributed by atoms with Gasteiger partial charge in [-0.15, -0.1) is 0 Å².